The molecule has 0 unspecified atom stereocenters. The number of hydrogen-bond donors (Lipinski definition) is 1. The first-order valence-corrected chi connectivity index (χ1v) is 4.89. The maximum absolute atomic E-state index is 13.4. The van der Waals surface area contributed by atoms with Crippen LogP contribution in [0.25, 0.3) is 11.1 Å². The number of nitrogens with zero attached hydrogens (tertiary/aromatic N) is 1. The van der Waals surface area contributed by atoms with E-state index in [1.165, 1.54) is 12.1 Å². The second-order valence-corrected chi connectivity index (χ2v) is 3.48. The predicted molar refractivity (Wildman–Crippen MR) is 62.9 cm³/mol. The molecule has 0 aromatic heterocycles. The summed E-state index contributed by atoms with van der Waals surface area (Å²) in [4.78, 5) is 10.1. The molecule has 2 N–H and O–H groups in total. The van der Waals surface area contributed by atoms with Gasteiger partial charge in [0.15, 0.2) is 0 Å². The minimum absolute atomic E-state index is 0.188. The van der Waals surface area contributed by atoms with Crippen molar-refractivity contribution in [2.45, 2.75) is 0 Å². The van der Waals surface area contributed by atoms with Crippen molar-refractivity contribution in [1.29, 1.82) is 0 Å². The molecule has 2 aromatic rings. The first-order chi connectivity index (χ1) is 8.11. The molecule has 0 aliphatic heterocycles. The molecule has 0 radical (unpaired) electrons. The lowest BCUT2D eigenvalue weighted by Crippen LogP contribution is -1.97. The van der Waals surface area contributed by atoms with Gasteiger partial charge in [-0.1, -0.05) is 24.3 Å². The average molecular weight is 232 g/mol. The molecular formula is C12H9FN2O2. The van der Waals surface area contributed by atoms with Crippen molar-refractivity contribution in [2.24, 2.45) is 0 Å². The molecule has 0 aliphatic carbocycles. The third-order valence-electron chi connectivity index (χ3n) is 2.42. The zero-order valence-electron chi connectivity index (χ0n) is 8.76. The molecule has 86 valence electrons. The highest BCUT2D eigenvalue weighted by molar-refractivity contribution is 5.82. The van der Waals surface area contributed by atoms with Crippen LogP contribution in [-0.2, 0) is 0 Å². The number of rotatable bonds is 2. The van der Waals surface area contributed by atoms with Gasteiger partial charge in [0.25, 0.3) is 0 Å². The summed E-state index contributed by atoms with van der Waals surface area (Å²) in [6, 6.07) is 10.6. The van der Waals surface area contributed by atoms with Gasteiger partial charge in [-0.3, -0.25) is 10.1 Å². The summed E-state index contributed by atoms with van der Waals surface area (Å²) < 4.78 is 13.4. The minimum atomic E-state index is -0.865. The lowest BCUT2D eigenvalue weighted by atomic mass is 10.0. The summed E-state index contributed by atoms with van der Waals surface area (Å²) in [7, 11) is 0. The van der Waals surface area contributed by atoms with E-state index in [2.05, 4.69) is 0 Å². The molecule has 0 saturated carbocycles. The summed E-state index contributed by atoms with van der Waals surface area (Å²) in [5.74, 6) is -0.865. The van der Waals surface area contributed by atoms with E-state index in [4.69, 9.17) is 5.73 Å². The highest BCUT2D eigenvalue weighted by Gasteiger charge is 2.21. The van der Waals surface area contributed by atoms with E-state index in [9.17, 15) is 14.5 Å². The van der Waals surface area contributed by atoms with Crippen molar-refractivity contribution in [3.05, 3.63) is 58.4 Å². The topological polar surface area (TPSA) is 69.2 Å². The fourth-order valence-corrected chi connectivity index (χ4v) is 1.66. The Kier molecular flexibility index (Phi) is 2.74. The van der Waals surface area contributed by atoms with Gasteiger partial charge in [-0.2, -0.15) is 4.39 Å². The van der Waals surface area contributed by atoms with Crippen molar-refractivity contribution >= 4 is 11.4 Å². The Morgan fingerprint density at radius 3 is 2.35 bits per heavy atom. The highest BCUT2D eigenvalue weighted by Crippen LogP contribution is 2.34. The molecule has 0 aliphatic rings. The summed E-state index contributed by atoms with van der Waals surface area (Å²) in [5.41, 5.74) is 6.20. The van der Waals surface area contributed by atoms with E-state index < -0.39 is 16.4 Å². The van der Waals surface area contributed by atoms with Crippen LogP contribution in [0.4, 0.5) is 15.8 Å². The van der Waals surface area contributed by atoms with Crippen LogP contribution in [0.2, 0.25) is 0 Å². The first-order valence-electron chi connectivity index (χ1n) is 4.89. The number of benzene rings is 2. The van der Waals surface area contributed by atoms with Gasteiger partial charge in [-0.25, -0.2) is 0 Å². The Morgan fingerprint density at radius 2 is 1.71 bits per heavy atom. The number of halogens is 1. The second kappa shape index (κ2) is 4.21. The van der Waals surface area contributed by atoms with Crippen LogP contribution in [0.3, 0.4) is 0 Å². The molecule has 4 nitrogen and oxygen atoms in total. The van der Waals surface area contributed by atoms with Crippen LogP contribution >= 0.6 is 0 Å². The lowest BCUT2D eigenvalue weighted by Gasteiger charge is -2.06. The van der Waals surface area contributed by atoms with Gasteiger partial charge in [0.05, 0.1) is 10.5 Å². The molecule has 0 heterocycles. The Bertz CT molecular complexity index is 584. The number of para-hydroxylation sites is 2. The fraction of sp³-hybridized carbons (Fsp3) is 0. The van der Waals surface area contributed by atoms with Crippen LogP contribution in [0, 0.1) is 15.9 Å². The molecule has 0 fully saturated rings. The van der Waals surface area contributed by atoms with Crippen LogP contribution in [0.15, 0.2) is 42.5 Å². The Morgan fingerprint density at radius 1 is 1.06 bits per heavy atom. The third kappa shape index (κ3) is 1.94. The van der Waals surface area contributed by atoms with Crippen molar-refractivity contribution in [3.63, 3.8) is 0 Å². The molecule has 0 amide bonds. The molecule has 17 heavy (non-hydrogen) atoms. The van der Waals surface area contributed by atoms with Gasteiger partial charge in [-0.15, -0.1) is 0 Å². The second-order valence-electron chi connectivity index (χ2n) is 3.48. The van der Waals surface area contributed by atoms with Crippen LogP contribution in [-0.4, -0.2) is 4.92 Å². The van der Waals surface area contributed by atoms with Crippen LogP contribution < -0.4 is 5.73 Å². The van der Waals surface area contributed by atoms with Crippen molar-refractivity contribution in [2.75, 3.05) is 5.73 Å². The van der Waals surface area contributed by atoms with Gasteiger partial charge in [0, 0.05) is 11.3 Å². The van der Waals surface area contributed by atoms with Crippen LogP contribution in [0.5, 0.6) is 0 Å². The number of nitrogens with two attached hydrogens (primary N) is 1. The van der Waals surface area contributed by atoms with E-state index in [0.29, 0.717) is 11.3 Å². The Hall–Kier alpha value is -2.43. The lowest BCUT2D eigenvalue weighted by molar-refractivity contribution is -0.386. The monoisotopic (exact) mass is 232 g/mol. The number of hydrogen-bond acceptors (Lipinski definition) is 3. The van der Waals surface area contributed by atoms with E-state index in [1.54, 1.807) is 24.3 Å². The zero-order valence-corrected chi connectivity index (χ0v) is 8.76. The number of nitro groups is 1. The largest absolute Gasteiger partial charge is 0.398 e. The summed E-state index contributed by atoms with van der Waals surface area (Å²) >= 11 is 0. The normalized spacial score (nSPS) is 10.2. The molecule has 5 heteroatoms. The van der Waals surface area contributed by atoms with Crippen LogP contribution in [0.1, 0.15) is 0 Å². The molecule has 0 saturated heterocycles. The molecular weight excluding hydrogens is 223 g/mol. The molecule has 2 aromatic carbocycles. The van der Waals surface area contributed by atoms with E-state index >= 15 is 0 Å². The maximum atomic E-state index is 13.4. The minimum Gasteiger partial charge on any atom is -0.398 e. The van der Waals surface area contributed by atoms with E-state index in [-0.39, 0.29) is 5.56 Å². The van der Waals surface area contributed by atoms with Gasteiger partial charge in [-0.05, 0) is 18.2 Å². The number of nitrogen functional groups attached to an aromatic ring is 1. The van der Waals surface area contributed by atoms with Crippen molar-refractivity contribution in [1.82, 2.24) is 0 Å². The predicted octanol–water partition coefficient (Wildman–Crippen LogP) is 2.98. The van der Waals surface area contributed by atoms with Crippen molar-refractivity contribution < 1.29 is 9.31 Å². The quantitative estimate of drug-likeness (QED) is 0.491. The van der Waals surface area contributed by atoms with Gasteiger partial charge >= 0.3 is 5.69 Å². The average Bonchev–Trinajstić information content (AvgIpc) is 2.28. The summed E-state index contributed by atoms with van der Waals surface area (Å²) in [6.45, 7) is 0. The maximum Gasteiger partial charge on any atom is 0.312 e. The van der Waals surface area contributed by atoms with Gasteiger partial charge in [0.1, 0.15) is 0 Å². The number of nitro benzene ring substituents is 1. The SMILES string of the molecule is Nc1ccccc1-c1cccc(F)c1[N+](=O)[O-]. The highest BCUT2D eigenvalue weighted by atomic mass is 19.1. The summed E-state index contributed by atoms with van der Waals surface area (Å²) in [6.07, 6.45) is 0. The zero-order chi connectivity index (χ0) is 12.4. The first kappa shape index (κ1) is 11.1. The van der Waals surface area contributed by atoms with E-state index in [0.717, 1.165) is 6.07 Å². The smallest absolute Gasteiger partial charge is 0.312 e. The molecule has 0 spiro atoms. The Labute approximate surface area is 96.6 Å². The van der Waals surface area contributed by atoms with Gasteiger partial charge in [0.2, 0.25) is 5.82 Å². The number of anilines is 1. The van der Waals surface area contributed by atoms with Gasteiger partial charge < -0.3 is 5.73 Å². The third-order valence-corrected chi connectivity index (χ3v) is 2.42. The Balaban J connectivity index is 2.72. The van der Waals surface area contributed by atoms with Crippen molar-refractivity contribution in [3.8, 4) is 11.1 Å². The molecule has 2 rings (SSSR count). The fourth-order valence-electron chi connectivity index (χ4n) is 1.66. The standard InChI is InChI=1S/C12H9FN2O2/c13-10-6-3-5-9(12(10)15(16)17)8-4-1-2-7-11(8)14/h1-7H,14H2. The summed E-state index contributed by atoms with van der Waals surface area (Å²) in [5, 5.41) is 10.9. The van der Waals surface area contributed by atoms with E-state index in [1.807, 2.05) is 0 Å². The molecule has 0 bridgehead atoms. The molecule has 0 atom stereocenters.